The Morgan fingerprint density at radius 2 is 1.84 bits per heavy atom. The van der Waals surface area contributed by atoms with Gasteiger partial charge in [0.05, 0.1) is 17.2 Å². The number of carbonyl (C=O) groups is 2. The van der Waals surface area contributed by atoms with Crippen LogP contribution < -0.4 is 10.6 Å². The maximum Gasteiger partial charge on any atom is 0.407 e. The van der Waals surface area contributed by atoms with Gasteiger partial charge in [0.15, 0.2) is 0 Å². The summed E-state index contributed by atoms with van der Waals surface area (Å²) in [5.41, 5.74) is 0.612. The van der Waals surface area contributed by atoms with Gasteiger partial charge in [0, 0.05) is 12.0 Å². The van der Waals surface area contributed by atoms with Crippen LogP contribution in [0.25, 0.3) is 0 Å². The minimum atomic E-state index is -0.642. The van der Waals surface area contributed by atoms with E-state index >= 15 is 0 Å². The highest BCUT2D eigenvalue weighted by Gasteiger charge is 2.26. The van der Waals surface area contributed by atoms with Crippen molar-refractivity contribution >= 4 is 35.2 Å². The van der Waals surface area contributed by atoms with Crippen molar-refractivity contribution in [3.8, 4) is 0 Å². The van der Waals surface area contributed by atoms with Crippen molar-refractivity contribution in [3.05, 3.63) is 33.8 Å². The number of halogens is 2. The molecular weight excluding hydrogens is 363 g/mol. The van der Waals surface area contributed by atoms with E-state index in [1.807, 2.05) is 33.8 Å². The van der Waals surface area contributed by atoms with Crippen molar-refractivity contribution in [3.63, 3.8) is 0 Å². The molecule has 1 aromatic rings. The Balaban J connectivity index is 2.78. The Morgan fingerprint density at radius 3 is 2.36 bits per heavy atom. The number of methoxy groups -OCH3 is 1. The first-order valence-electron chi connectivity index (χ1n) is 8.14. The minimum absolute atomic E-state index is 0.243. The summed E-state index contributed by atoms with van der Waals surface area (Å²) in [6.07, 6.45) is -0.0988. The zero-order chi connectivity index (χ0) is 19.2. The number of nitrogens with one attached hydrogen (secondary N) is 2. The molecule has 1 rings (SSSR count). The van der Waals surface area contributed by atoms with E-state index in [0.717, 1.165) is 5.56 Å². The maximum absolute atomic E-state index is 12.5. The van der Waals surface area contributed by atoms with Crippen LogP contribution in [0, 0.1) is 5.92 Å². The van der Waals surface area contributed by atoms with Gasteiger partial charge in [-0.3, -0.25) is 4.79 Å². The largest absolute Gasteiger partial charge is 0.453 e. The van der Waals surface area contributed by atoms with Crippen LogP contribution in [-0.4, -0.2) is 31.7 Å². The molecule has 1 unspecified atom stereocenters. The van der Waals surface area contributed by atoms with E-state index in [-0.39, 0.29) is 17.2 Å². The fraction of sp³-hybridized carbons (Fsp3) is 0.556. The van der Waals surface area contributed by atoms with Gasteiger partial charge in [-0.1, -0.05) is 57.0 Å². The van der Waals surface area contributed by atoms with Crippen molar-refractivity contribution in [2.24, 2.45) is 5.92 Å². The summed E-state index contributed by atoms with van der Waals surface area (Å²) >= 11 is 12.0. The van der Waals surface area contributed by atoms with Gasteiger partial charge < -0.3 is 15.4 Å². The van der Waals surface area contributed by atoms with Crippen LogP contribution in [0.3, 0.4) is 0 Å². The first-order chi connectivity index (χ1) is 11.6. The molecule has 1 atom stereocenters. The van der Waals surface area contributed by atoms with E-state index in [1.54, 1.807) is 12.1 Å². The second-order valence-electron chi connectivity index (χ2n) is 7.05. The zero-order valence-corrected chi connectivity index (χ0v) is 16.8. The fourth-order valence-electron chi connectivity index (χ4n) is 2.35. The molecule has 2 N–H and O–H groups in total. The lowest BCUT2D eigenvalue weighted by atomic mass is 9.84. The molecule has 2 amide bonds. The number of rotatable bonds is 7. The first kappa shape index (κ1) is 21.6. The third-order valence-corrected chi connectivity index (χ3v) is 4.65. The van der Waals surface area contributed by atoms with Crippen molar-refractivity contribution in [1.82, 2.24) is 10.6 Å². The van der Waals surface area contributed by atoms with Gasteiger partial charge >= 0.3 is 6.09 Å². The van der Waals surface area contributed by atoms with E-state index in [4.69, 9.17) is 23.2 Å². The lowest BCUT2D eigenvalue weighted by Gasteiger charge is -2.28. The number of ether oxygens (including phenoxy) is 1. The molecule has 0 radical (unpaired) electrons. The molecule has 0 spiro atoms. The van der Waals surface area contributed by atoms with Crippen molar-refractivity contribution in [1.29, 1.82) is 0 Å². The first-order valence-corrected chi connectivity index (χ1v) is 8.90. The van der Waals surface area contributed by atoms with Gasteiger partial charge in [0.25, 0.3) is 0 Å². The van der Waals surface area contributed by atoms with Gasteiger partial charge in [-0.05, 0) is 30.0 Å². The Labute approximate surface area is 159 Å². The van der Waals surface area contributed by atoms with Gasteiger partial charge in [0.2, 0.25) is 5.91 Å². The molecule has 25 heavy (non-hydrogen) atoms. The average molecular weight is 389 g/mol. The van der Waals surface area contributed by atoms with Crippen LogP contribution in [0.5, 0.6) is 0 Å². The normalized spacial score (nSPS) is 12.6. The highest BCUT2D eigenvalue weighted by atomic mass is 35.5. The molecule has 140 valence electrons. The highest BCUT2D eigenvalue weighted by Crippen LogP contribution is 2.29. The zero-order valence-electron chi connectivity index (χ0n) is 15.3. The molecule has 0 saturated heterocycles. The number of alkyl carbamates (subject to hydrolysis) is 1. The predicted octanol–water partition coefficient (Wildman–Crippen LogP) is 4.16. The lowest BCUT2D eigenvalue weighted by molar-refractivity contribution is -0.123. The van der Waals surface area contributed by atoms with Gasteiger partial charge in [-0.25, -0.2) is 4.79 Å². The molecule has 0 bridgehead atoms. The van der Waals surface area contributed by atoms with E-state index in [2.05, 4.69) is 15.4 Å². The molecule has 0 heterocycles. The molecular formula is C18H26Cl2N2O3. The monoisotopic (exact) mass is 388 g/mol. The molecule has 1 aromatic carbocycles. The number of hydrogen-bond acceptors (Lipinski definition) is 3. The lowest BCUT2D eigenvalue weighted by Crippen LogP contribution is -2.49. The molecule has 0 aliphatic heterocycles. The van der Waals surface area contributed by atoms with Crippen LogP contribution in [0.15, 0.2) is 18.2 Å². The second-order valence-corrected chi connectivity index (χ2v) is 7.86. The van der Waals surface area contributed by atoms with E-state index in [0.29, 0.717) is 23.0 Å². The van der Waals surface area contributed by atoms with E-state index < -0.39 is 12.1 Å². The predicted molar refractivity (Wildman–Crippen MR) is 101 cm³/mol. The Bertz CT molecular complexity index is 618. The molecule has 0 aromatic heterocycles. The van der Waals surface area contributed by atoms with Crippen LogP contribution >= 0.6 is 23.2 Å². The third kappa shape index (κ3) is 6.75. The van der Waals surface area contributed by atoms with Crippen molar-refractivity contribution in [2.75, 3.05) is 13.7 Å². The number of carbonyl (C=O) groups excluding carboxylic acids is 2. The molecule has 0 aliphatic rings. The van der Waals surface area contributed by atoms with Crippen LogP contribution in [0.1, 0.15) is 39.7 Å². The Morgan fingerprint density at radius 1 is 1.20 bits per heavy atom. The summed E-state index contributed by atoms with van der Waals surface area (Å²) in [6.45, 7) is 8.36. The summed E-state index contributed by atoms with van der Waals surface area (Å²) in [5, 5.41) is 6.45. The average Bonchev–Trinajstić information content (AvgIpc) is 2.53. The fourth-order valence-corrected chi connectivity index (χ4v) is 2.65. The summed E-state index contributed by atoms with van der Waals surface area (Å²) in [4.78, 5) is 24.0. The van der Waals surface area contributed by atoms with Crippen molar-refractivity contribution < 1.29 is 14.3 Å². The summed E-state index contributed by atoms with van der Waals surface area (Å²) in [6, 6.07) is 4.79. The topological polar surface area (TPSA) is 67.4 Å². The molecule has 0 saturated carbocycles. The number of amides is 2. The van der Waals surface area contributed by atoms with Gasteiger partial charge in [-0.15, -0.1) is 0 Å². The van der Waals surface area contributed by atoms with E-state index in [1.165, 1.54) is 7.11 Å². The van der Waals surface area contributed by atoms with Crippen LogP contribution in [-0.2, 0) is 14.9 Å². The smallest absolute Gasteiger partial charge is 0.407 e. The van der Waals surface area contributed by atoms with Crippen molar-refractivity contribution in [2.45, 2.75) is 45.6 Å². The van der Waals surface area contributed by atoms with Crippen LogP contribution in [0.4, 0.5) is 4.79 Å². The van der Waals surface area contributed by atoms with Gasteiger partial charge in [-0.2, -0.15) is 0 Å². The molecule has 0 fully saturated rings. The number of hydrogen-bond donors (Lipinski definition) is 2. The van der Waals surface area contributed by atoms with Crippen LogP contribution in [0.2, 0.25) is 10.0 Å². The minimum Gasteiger partial charge on any atom is -0.453 e. The standard InChI is InChI=1S/C18H26Cl2N2O3/c1-11(2)8-15(22-17(24)25-5)16(23)21-10-18(3,4)12-6-7-13(19)14(20)9-12/h6-7,9,11,15H,8,10H2,1-5H3,(H,21,23)(H,22,24). The Hall–Kier alpha value is -1.46. The highest BCUT2D eigenvalue weighted by molar-refractivity contribution is 6.42. The van der Waals surface area contributed by atoms with E-state index in [9.17, 15) is 9.59 Å². The SMILES string of the molecule is COC(=O)NC(CC(C)C)C(=O)NCC(C)(C)c1ccc(Cl)c(Cl)c1. The molecule has 5 nitrogen and oxygen atoms in total. The molecule has 7 heteroatoms. The Kier molecular flexibility index (Phi) is 8.03. The number of benzene rings is 1. The summed E-state index contributed by atoms with van der Waals surface area (Å²) in [7, 11) is 1.27. The maximum atomic E-state index is 12.5. The van der Waals surface area contributed by atoms with Gasteiger partial charge in [0.1, 0.15) is 6.04 Å². The molecule has 0 aliphatic carbocycles. The summed E-state index contributed by atoms with van der Waals surface area (Å²) in [5.74, 6) is 0.00298. The quantitative estimate of drug-likeness (QED) is 0.736. The summed E-state index contributed by atoms with van der Waals surface area (Å²) < 4.78 is 4.59. The third-order valence-electron chi connectivity index (χ3n) is 3.91. The second kappa shape index (κ2) is 9.30.